The average Bonchev–Trinajstić information content (AvgIpc) is 2.26. The Morgan fingerprint density at radius 1 is 1.47 bits per heavy atom. The molecule has 0 saturated carbocycles. The molecule has 0 N–H and O–H groups in total. The normalized spacial score (nSPS) is 35.9. The predicted molar refractivity (Wildman–Crippen MR) is 58.1 cm³/mol. The molecule has 2 nitrogen and oxygen atoms in total. The van der Waals surface area contributed by atoms with Crippen LogP contribution in [0.4, 0.5) is 0 Å². The molecule has 1 heterocycles. The first-order valence-electron chi connectivity index (χ1n) is 4.52. The van der Waals surface area contributed by atoms with Gasteiger partial charge in [-0.3, -0.25) is 0 Å². The van der Waals surface area contributed by atoms with E-state index in [0.29, 0.717) is 6.61 Å². The van der Waals surface area contributed by atoms with Crippen molar-refractivity contribution < 1.29 is 60.8 Å². The van der Waals surface area contributed by atoms with Gasteiger partial charge in [0, 0.05) is 32.7 Å². The molecular formula is C8H15Cl2O2PWY. The molecule has 7 heteroatoms. The van der Waals surface area contributed by atoms with Crippen molar-refractivity contribution >= 4 is 29.0 Å². The van der Waals surface area contributed by atoms with Crippen molar-refractivity contribution in [1.29, 1.82) is 0 Å². The van der Waals surface area contributed by atoms with Gasteiger partial charge in [-0.25, -0.2) is 0 Å². The molecule has 0 bridgehead atoms. The Morgan fingerprint density at radius 3 is 2.33 bits per heavy atom. The first kappa shape index (κ1) is 17.7. The molecule has 1 radical (unpaired) electrons. The van der Waals surface area contributed by atoms with Gasteiger partial charge in [-0.1, -0.05) is 0 Å². The molecule has 0 aromatic rings. The summed E-state index contributed by atoms with van der Waals surface area (Å²) in [6.45, 7) is 6.69. The minimum absolute atomic E-state index is 0. The summed E-state index contributed by atoms with van der Waals surface area (Å²) >= 11 is 13.9. The van der Waals surface area contributed by atoms with Gasteiger partial charge >= 0.3 is 107 Å². The van der Waals surface area contributed by atoms with Crippen LogP contribution < -0.4 is 0 Å². The summed E-state index contributed by atoms with van der Waals surface area (Å²) in [5, 5.41) is 0. The molecule has 4 atom stereocenters. The molecule has 1 unspecified atom stereocenters. The Bertz CT molecular complexity index is 243. The zero-order chi connectivity index (χ0) is 10.9. The second kappa shape index (κ2) is 7.35. The average molecular weight is 518 g/mol. The van der Waals surface area contributed by atoms with Crippen molar-refractivity contribution in [2.45, 2.75) is 30.4 Å². The second-order valence-electron chi connectivity index (χ2n) is 3.58. The minimum atomic E-state index is -0.769. The Labute approximate surface area is 138 Å². The van der Waals surface area contributed by atoms with Crippen LogP contribution in [0, 0.1) is 5.92 Å². The van der Waals surface area contributed by atoms with Gasteiger partial charge in [0.25, 0.3) is 0 Å². The fourth-order valence-electron chi connectivity index (χ4n) is 1.47. The summed E-state index contributed by atoms with van der Waals surface area (Å²) in [4.78, 5) is 0. The molecule has 0 spiro atoms. The van der Waals surface area contributed by atoms with E-state index in [1.54, 1.807) is 0 Å². The van der Waals surface area contributed by atoms with E-state index in [1.165, 1.54) is 18.8 Å². The van der Waals surface area contributed by atoms with Gasteiger partial charge in [0.1, 0.15) is 0 Å². The first-order chi connectivity index (χ1) is 6.35. The van der Waals surface area contributed by atoms with E-state index in [-0.39, 0.29) is 50.8 Å². The molecule has 1 saturated heterocycles. The maximum atomic E-state index is 6.18. The summed E-state index contributed by atoms with van der Waals surface area (Å²) < 4.78 is 10.5. The molecule has 0 aromatic heterocycles. The maximum absolute atomic E-state index is 6.18. The van der Waals surface area contributed by atoms with Crippen LogP contribution in [0.5, 0.6) is 0 Å². The number of rotatable bonds is 3. The van der Waals surface area contributed by atoms with Crippen LogP contribution >= 0.6 is 29.0 Å². The number of hydrogen-bond acceptors (Lipinski definition) is 2. The summed E-state index contributed by atoms with van der Waals surface area (Å²) in [5.41, 5.74) is 0. The topological polar surface area (TPSA) is 18.5 Å². The van der Waals surface area contributed by atoms with Crippen LogP contribution in [0.2, 0.25) is 0 Å². The maximum Gasteiger partial charge on any atom is 0 e. The van der Waals surface area contributed by atoms with Gasteiger partial charge < -0.3 is 0 Å². The third-order valence-electron chi connectivity index (χ3n) is 2.54. The monoisotopic (exact) mass is 517 g/mol. The second-order valence-corrected chi connectivity index (χ2v) is 12.5. The third-order valence-corrected chi connectivity index (χ3v) is 5.68. The van der Waals surface area contributed by atoms with Crippen LogP contribution in [0.1, 0.15) is 13.8 Å². The van der Waals surface area contributed by atoms with E-state index >= 15 is 0 Å². The van der Waals surface area contributed by atoms with Crippen LogP contribution in [-0.2, 0) is 60.8 Å². The summed E-state index contributed by atoms with van der Waals surface area (Å²) in [6, 6.07) is 0. The molecule has 0 aliphatic carbocycles. The van der Waals surface area contributed by atoms with E-state index in [9.17, 15) is 0 Å². The molecule has 1 aliphatic heterocycles. The van der Waals surface area contributed by atoms with Crippen molar-refractivity contribution in [2.75, 3.05) is 13.3 Å². The van der Waals surface area contributed by atoms with Gasteiger partial charge in [-0.05, 0) is 0 Å². The Hall–Kier alpha value is 2.72. The van der Waals surface area contributed by atoms with Crippen molar-refractivity contribution in [2.24, 2.45) is 5.92 Å². The van der Waals surface area contributed by atoms with Crippen LogP contribution in [0.25, 0.3) is 0 Å². The van der Waals surface area contributed by atoms with Gasteiger partial charge in [-0.15, -0.1) is 0 Å². The third kappa shape index (κ3) is 4.72. The van der Waals surface area contributed by atoms with E-state index in [1.807, 2.05) is 13.8 Å². The van der Waals surface area contributed by atoms with Gasteiger partial charge in [0.2, 0.25) is 0 Å². The van der Waals surface area contributed by atoms with Crippen LogP contribution in [-0.4, -0.2) is 29.8 Å². The number of halogens is 2. The van der Waals surface area contributed by atoms with E-state index < -0.39 is 10.1 Å². The van der Waals surface area contributed by atoms with E-state index in [0.717, 1.165) is 0 Å². The van der Waals surface area contributed by atoms with Crippen molar-refractivity contribution in [3.05, 3.63) is 0 Å². The Balaban J connectivity index is 0.00000196. The zero-order valence-electron chi connectivity index (χ0n) is 9.00. The summed E-state index contributed by atoms with van der Waals surface area (Å²) in [6.07, 6.45) is -0.0783. The van der Waals surface area contributed by atoms with Crippen LogP contribution in [0.3, 0.4) is 0 Å². The fourth-order valence-corrected chi connectivity index (χ4v) is 2.99. The molecule has 87 valence electrons. The molecule has 1 aliphatic rings. The Kier molecular flexibility index (Phi) is 8.68. The van der Waals surface area contributed by atoms with Gasteiger partial charge in [0.05, 0.1) is 0 Å². The number of hydrogen-bond donors (Lipinski definition) is 0. The minimum Gasteiger partial charge on any atom is 0 e. The molecule has 15 heavy (non-hydrogen) atoms. The fraction of sp³-hybridized carbons (Fsp3) is 1.00. The van der Waals surface area contributed by atoms with Gasteiger partial charge in [0.15, 0.2) is 0 Å². The van der Waals surface area contributed by atoms with Crippen molar-refractivity contribution in [3.63, 3.8) is 0 Å². The predicted octanol–water partition coefficient (Wildman–Crippen LogP) is 2.82. The van der Waals surface area contributed by atoms with E-state index in [4.69, 9.17) is 32.5 Å². The number of alkyl halides is 2. The van der Waals surface area contributed by atoms with Gasteiger partial charge in [-0.2, -0.15) is 0 Å². The zero-order valence-corrected chi connectivity index (χ0v) is 17.3. The smallest absolute Gasteiger partial charge is 0 e. The first-order valence-corrected chi connectivity index (χ1v) is 11.5. The van der Waals surface area contributed by atoms with Crippen molar-refractivity contribution in [1.82, 2.24) is 0 Å². The molecule has 0 amide bonds. The number of ether oxygens (including phenoxy) is 1. The SMILES string of the molecule is C[C@@H]1O[C@H](CO[PH](C)=[W])[C@@H](C)C1(Cl)Cl.[Y]. The molecular weight excluding hydrogens is 503 g/mol. The van der Waals surface area contributed by atoms with Crippen LogP contribution in [0.15, 0.2) is 0 Å². The largest absolute Gasteiger partial charge is 0 e. The quantitative estimate of drug-likeness (QED) is 0.424. The molecule has 0 aromatic carbocycles. The summed E-state index contributed by atoms with van der Waals surface area (Å²) in [7, 11) is 0. The summed E-state index contributed by atoms with van der Waals surface area (Å²) in [5.74, 6) is -0.459. The van der Waals surface area contributed by atoms with E-state index in [2.05, 4.69) is 6.66 Å². The molecule has 1 fully saturated rings. The standard InChI is InChI=1S/C8H15Cl2O2P.W.Y/c1-5-7(4-11-13-3)12-6(2)8(5,9)10;;/h5-7,13H,4H2,1-3H3;;/t5-,6+,7-;;/m1../s1. The van der Waals surface area contributed by atoms with Crippen molar-refractivity contribution in [3.8, 4) is 0 Å². The Morgan fingerprint density at radius 2 is 2.00 bits per heavy atom. The molecule has 1 rings (SSSR count).